The van der Waals surface area contributed by atoms with Crippen molar-refractivity contribution in [1.29, 1.82) is 0 Å². The molecule has 0 unspecified atom stereocenters. The van der Waals surface area contributed by atoms with Crippen LogP contribution in [0.5, 0.6) is 0 Å². The number of nitrogens with one attached hydrogen (secondary N) is 1. The van der Waals surface area contributed by atoms with Crippen LogP contribution < -0.4 is 5.32 Å². The first-order valence-electron chi connectivity index (χ1n) is 4.51. The molecule has 0 spiro atoms. The quantitative estimate of drug-likeness (QED) is 0.641. The zero-order chi connectivity index (χ0) is 9.52. The molecule has 0 saturated heterocycles. The number of hydrogen-bond acceptors (Lipinski definition) is 2. The van der Waals surface area contributed by atoms with Crippen LogP contribution in [-0.4, -0.2) is 19.4 Å². The Morgan fingerprint density at radius 1 is 1.23 bits per heavy atom. The average Bonchev–Trinajstić information content (AvgIpc) is 2.59. The maximum atomic E-state index is 3.85. The molecule has 13 heavy (non-hydrogen) atoms. The Bertz CT molecular complexity index is 256. The topological polar surface area (TPSA) is 24.4 Å². The molecular weight excluding hydrogens is 160 g/mol. The van der Waals surface area contributed by atoms with Crippen LogP contribution in [0.3, 0.4) is 0 Å². The second-order valence-electron chi connectivity index (χ2n) is 3.14. The summed E-state index contributed by atoms with van der Waals surface area (Å²) in [4.78, 5) is 3.85. The summed E-state index contributed by atoms with van der Waals surface area (Å²) >= 11 is 0. The van der Waals surface area contributed by atoms with Gasteiger partial charge in [0, 0.05) is 12.8 Å². The molecule has 2 heteroatoms. The van der Waals surface area contributed by atoms with Crippen molar-refractivity contribution >= 4 is 6.21 Å². The summed E-state index contributed by atoms with van der Waals surface area (Å²) in [5, 5.41) is 3.00. The maximum Gasteiger partial charge on any atom is 0.0883 e. The highest BCUT2D eigenvalue weighted by Gasteiger charge is 1.82. The number of nitrogens with zero attached hydrogens (tertiary/aromatic N) is 1. The normalized spacial score (nSPS) is 13.7. The summed E-state index contributed by atoms with van der Waals surface area (Å²) < 4.78 is 0. The van der Waals surface area contributed by atoms with Gasteiger partial charge in [0.1, 0.15) is 0 Å². The molecule has 1 aliphatic rings. The summed E-state index contributed by atoms with van der Waals surface area (Å²) in [6.07, 6.45) is 1.88. The molecule has 0 saturated carbocycles. The van der Waals surface area contributed by atoms with E-state index in [1.165, 1.54) is 11.1 Å². The van der Waals surface area contributed by atoms with Gasteiger partial charge in [-0.1, -0.05) is 35.4 Å². The summed E-state index contributed by atoms with van der Waals surface area (Å²) in [6.45, 7) is 5.99. The van der Waals surface area contributed by atoms with Gasteiger partial charge in [0.25, 0.3) is 0 Å². The summed E-state index contributed by atoms with van der Waals surface area (Å²) in [5.74, 6) is 0. The minimum absolute atomic E-state index is 0.819. The number of hydrogen-bond donors (Lipinski definition) is 1. The Kier molecular flexibility index (Phi) is 4.19. The number of benzene rings is 1. The van der Waals surface area contributed by atoms with Crippen molar-refractivity contribution in [2.24, 2.45) is 4.99 Å². The fraction of sp³-hybridized carbons (Fsp3) is 0.364. The van der Waals surface area contributed by atoms with Gasteiger partial charge in [0.05, 0.1) is 6.67 Å². The van der Waals surface area contributed by atoms with Crippen LogP contribution >= 0.6 is 0 Å². The van der Waals surface area contributed by atoms with E-state index in [-0.39, 0.29) is 0 Å². The molecular formula is C11H16N2. The van der Waals surface area contributed by atoms with Crippen molar-refractivity contribution in [1.82, 2.24) is 5.32 Å². The lowest BCUT2D eigenvalue weighted by atomic mass is 10.2. The van der Waals surface area contributed by atoms with Gasteiger partial charge in [-0.3, -0.25) is 10.3 Å². The molecule has 0 aliphatic carbocycles. The SMILES string of the molecule is C1=NCNC1.Cc1cccc(C)c1. The summed E-state index contributed by atoms with van der Waals surface area (Å²) in [6, 6.07) is 8.45. The van der Waals surface area contributed by atoms with Gasteiger partial charge in [0.2, 0.25) is 0 Å². The highest BCUT2D eigenvalue weighted by molar-refractivity contribution is 5.61. The van der Waals surface area contributed by atoms with Gasteiger partial charge in [-0.15, -0.1) is 0 Å². The molecule has 0 bridgehead atoms. The lowest BCUT2D eigenvalue weighted by Crippen LogP contribution is -2.06. The smallest absolute Gasteiger partial charge is 0.0883 e. The standard InChI is InChI=1S/C8H10.C3H6N2/c1-7-4-3-5-8(2)6-7;1-2-5-3-4-1/h3-6H,1-2H3;1,5H,2-3H2. The van der Waals surface area contributed by atoms with Gasteiger partial charge < -0.3 is 0 Å². The highest BCUT2D eigenvalue weighted by Crippen LogP contribution is 2.00. The van der Waals surface area contributed by atoms with Crippen LogP contribution in [0.1, 0.15) is 11.1 Å². The van der Waals surface area contributed by atoms with E-state index < -0.39 is 0 Å². The van der Waals surface area contributed by atoms with Crippen molar-refractivity contribution in [2.45, 2.75) is 13.8 Å². The molecule has 1 aromatic rings. The molecule has 0 aromatic heterocycles. The van der Waals surface area contributed by atoms with Crippen molar-refractivity contribution < 1.29 is 0 Å². The van der Waals surface area contributed by atoms with Gasteiger partial charge >= 0.3 is 0 Å². The fourth-order valence-electron chi connectivity index (χ4n) is 1.13. The van der Waals surface area contributed by atoms with Crippen LogP contribution in [0.25, 0.3) is 0 Å². The minimum atomic E-state index is 0.819. The van der Waals surface area contributed by atoms with Crippen LogP contribution in [0, 0.1) is 13.8 Å². The van der Waals surface area contributed by atoms with E-state index in [1.54, 1.807) is 0 Å². The summed E-state index contributed by atoms with van der Waals surface area (Å²) in [7, 11) is 0. The van der Waals surface area contributed by atoms with Gasteiger partial charge in [0.15, 0.2) is 0 Å². The largest absolute Gasteiger partial charge is 0.293 e. The molecule has 0 atom stereocenters. The Morgan fingerprint density at radius 2 is 1.92 bits per heavy atom. The molecule has 0 fully saturated rings. The zero-order valence-corrected chi connectivity index (χ0v) is 8.25. The van der Waals surface area contributed by atoms with Crippen LogP contribution in [-0.2, 0) is 0 Å². The second kappa shape index (κ2) is 5.49. The average molecular weight is 176 g/mol. The van der Waals surface area contributed by atoms with E-state index in [2.05, 4.69) is 48.4 Å². The van der Waals surface area contributed by atoms with E-state index in [0.29, 0.717) is 0 Å². The van der Waals surface area contributed by atoms with Crippen LogP contribution in [0.4, 0.5) is 0 Å². The molecule has 2 rings (SSSR count). The first kappa shape index (κ1) is 9.93. The van der Waals surface area contributed by atoms with E-state index in [9.17, 15) is 0 Å². The second-order valence-corrected chi connectivity index (χ2v) is 3.14. The third kappa shape index (κ3) is 4.43. The Hall–Kier alpha value is -1.15. The molecule has 2 nitrogen and oxygen atoms in total. The Labute approximate surface area is 79.7 Å². The van der Waals surface area contributed by atoms with Crippen molar-refractivity contribution in [3.05, 3.63) is 35.4 Å². The predicted octanol–water partition coefficient (Wildman–Crippen LogP) is 1.92. The number of aliphatic imine (C=N–C) groups is 1. The Balaban J connectivity index is 0.000000145. The van der Waals surface area contributed by atoms with Crippen LogP contribution in [0.2, 0.25) is 0 Å². The van der Waals surface area contributed by atoms with Gasteiger partial charge in [-0.2, -0.15) is 0 Å². The Morgan fingerprint density at radius 3 is 2.15 bits per heavy atom. The molecule has 1 N–H and O–H groups in total. The van der Waals surface area contributed by atoms with Crippen molar-refractivity contribution in [2.75, 3.05) is 13.2 Å². The minimum Gasteiger partial charge on any atom is -0.293 e. The van der Waals surface area contributed by atoms with Crippen molar-refractivity contribution in [3.8, 4) is 0 Å². The van der Waals surface area contributed by atoms with Gasteiger partial charge in [-0.25, -0.2) is 0 Å². The van der Waals surface area contributed by atoms with E-state index in [4.69, 9.17) is 0 Å². The molecule has 0 radical (unpaired) electrons. The molecule has 1 aromatic carbocycles. The predicted molar refractivity (Wildman–Crippen MR) is 57.3 cm³/mol. The number of aryl methyl sites for hydroxylation is 2. The maximum absolute atomic E-state index is 3.85. The first-order chi connectivity index (χ1) is 6.29. The molecule has 1 heterocycles. The molecule has 1 aliphatic heterocycles. The summed E-state index contributed by atoms with van der Waals surface area (Å²) in [5.41, 5.74) is 2.68. The molecule has 70 valence electrons. The van der Waals surface area contributed by atoms with E-state index >= 15 is 0 Å². The lowest BCUT2D eigenvalue weighted by molar-refractivity contribution is 0.851. The third-order valence-corrected chi connectivity index (χ3v) is 1.74. The third-order valence-electron chi connectivity index (χ3n) is 1.74. The highest BCUT2D eigenvalue weighted by atomic mass is 15.0. The van der Waals surface area contributed by atoms with Crippen LogP contribution in [0.15, 0.2) is 29.3 Å². The van der Waals surface area contributed by atoms with E-state index in [1.807, 2.05) is 6.21 Å². The lowest BCUT2D eigenvalue weighted by Gasteiger charge is -1.90. The first-order valence-corrected chi connectivity index (χ1v) is 4.51. The molecule has 0 amide bonds. The zero-order valence-electron chi connectivity index (χ0n) is 8.25. The number of rotatable bonds is 0. The van der Waals surface area contributed by atoms with Gasteiger partial charge in [-0.05, 0) is 13.8 Å². The van der Waals surface area contributed by atoms with Crippen molar-refractivity contribution in [3.63, 3.8) is 0 Å². The fourth-order valence-corrected chi connectivity index (χ4v) is 1.13. The monoisotopic (exact) mass is 176 g/mol. The van der Waals surface area contributed by atoms with E-state index in [0.717, 1.165) is 13.2 Å².